The van der Waals surface area contributed by atoms with Crippen LogP contribution < -0.4 is 15.4 Å². The Bertz CT molecular complexity index is 1010. The topological polar surface area (TPSA) is 59.1 Å². The zero-order chi connectivity index (χ0) is 21.0. The highest BCUT2D eigenvalue weighted by Gasteiger charge is 2.31. The van der Waals surface area contributed by atoms with Crippen molar-refractivity contribution in [3.8, 4) is 17.0 Å². The van der Waals surface area contributed by atoms with Crippen LogP contribution in [-0.4, -0.2) is 22.9 Å². The Morgan fingerprint density at radius 1 is 1.00 bits per heavy atom. The van der Waals surface area contributed by atoms with Crippen molar-refractivity contribution < 1.29 is 17.9 Å². The predicted octanol–water partition coefficient (Wildman–Crippen LogP) is 5.83. The number of anilines is 3. The number of ether oxygens (including phenoxy) is 1. The second-order valence-electron chi connectivity index (χ2n) is 6.51. The fourth-order valence-electron chi connectivity index (χ4n) is 2.76. The van der Waals surface area contributed by atoms with Gasteiger partial charge in [-0.1, -0.05) is 24.3 Å². The molecule has 0 saturated heterocycles. The highest BCUT2D eigenvalue weighted by Crippen LogP contribution is 2.29. The minimum atomic E-state index is -4.76. The van der Waals surface area contributed by atoms with Crippen LogP contribution in [0.4, 0.5) is 30.6 Å². The summed E-state index contributed by atoms with van der Waals surface area (Å²) in [5, 5.41) is 6.32. The van der Waals surface area contributed by atoms with Gasteiger partial charge in [-0.05, 0) is 50.1 Å². The lowest BCUT2D eigenvalue weighted by Gasteiger charge is -2.14. The number of nitrogens with zero attached hydrogens (tertiary/aromatic N) is 2. The molecular formula is C21H21F3N4O. The van der Waals surface area contributed by atoms with Crippen molar-refractivity contribution >= 4 is 17.5 Å². The molecule has 0 aliphatic heterocycles. The van der Waals surface area contributed by atoms with Crippen molar-refractivity contribution in [2.45, 2.75) is 27.1 Å². The molecule has 0 spiro atoms. The number of aryl methyl sites for hydroxylation is 2. The lowest BCUT2D eigenvalue weighted by molar-refractivity contribution is -0.274. The molecule has 2 aromatic carbocycles. The van der Waals surface area contributed by atoms with E-state index in [4.69, 9.17) is 0 Å². The van der Waals surface area contributed by atoms with Gasteiger partial charge in [-0.15, -0.1) is 13.2 Å². The van der Waals surface area contributed by atoms with Crippen molar-refractivity contribution in [1.82, 2.24) is 9.97 Å². The molecule has 2 N–H and O–H groups in total. The summed E-state index contributed by atoms with van der Waals surface area (Å²) < 4.78 is 41.7. The number of benzene rings is 2. The average molecular weight is 402 g/mol. The Kier molecular flexibility index (Phi) is 5.91. The Morgan fingerprint density at radius 2 is 1.79 bits per heavy atom. The number of rotatable bonds is 6. The number of nitrogens with one attached hydrogen (secondary N) is 2. The summed E-state index contributed by atoms with van der Waals surface area (Å²) in [6.45, 7) is 6.48. The zero-order valence-corrected chi connectivity index (χ0v) is 16.3. The molecule has 8 heteroatoms. The largest absolute Gasteiger partial charge is 0.573 e. The van der Waals surface area contributed by atoms with Crippen molar-refractivity contribution in [3.63, 3.8) is 0 Å². The van der Waals surface area contributed by atoms with Crippen molar-refractivity contribution in [3.05, 3.63) is 59.7 Å². The smallest absolute Gasteiger partial charge is 0.406 e. The molecule has 0 bridgehead atoms. The van der Waals surface area contributed by atoms with E-state index in [1.807, 2.05) is 39.0 Å². The molecule has 29 heavy (non-hydrogen) atoms. The zero-order valence-electron chi connectivity index (χ0n) is 16.3. The first-order valence-corrected chi connectivity index (χ1v) is 9.07. The first-order chi connectivity index (χ1) is 13.7. The Hall–Kier alpha value is -3.29. The number of hydrogen-bond acceptors (Lipinski definition) is 5. The predicted molar refractivity (Wildman–Crippen MR) is 108 cm³/mol. The minimum Gasteiger partial charge on any atom is -0.406 e. The molecule has 0 fully saturated rings. The quantitative estimate of drug-likeness (QED) is 0.543. The lowest BCUT2D eigenvalue weighted by Crippen LogP contribution is -2.17. The average Bonchev–Trinajstić information content (AvgIpc) is 2.64. The van der Waals surface area contributed by atoms with Crippen LogP contribution in [0.25, 0.3) is 11.3 Å². The van der Waals surface area contributed by atoms with Gasteiger partial charge >= 0.3 is 6.36 Å². The van der Waals surface area contributed by atoms with E-state index in [2.05, 4.69) is 25.3 Å². The third kappa shape index (κ3) is 5.60. The molecule has 0 unspecified atom stereocenters. The maximum Gasteiger partial charge on any atom is 0.573 e. The Balaban J connectivity index is 1.99. The van der Waals surface area contributed by atoms with Gasteiger partial charge in [0.25, 0.3) is 0 Å². The highest BCUT2D eigenvalue weighted by molar-refractivity contribution is 5.69. The Morgan fingerprint density at radius 3 is 2.52 bits per heavy atom. The van der Waals surface area contributed by atoms with Gasteiger partial charge < -0.3 is 15.4 Å². The van der Waals surface area contributed by atoms with Gasteiger partial charge in [0.2, 0.25) is 5.95 Å². The van der Waals surface area contributed by atoms with Gasteiger partial charge in [-0.25, -0.2) is 4.98 Å². The van der Waals surface area contributed by atoms with Gasteiger partial charge in [0.05, 0.1) is 5.69 Å². The van der Waals surface area contributed by atoms with Crippen LogP contribution in [0.1, 0.15) is 18.1 Å². The van der Waals surface area contributed by atoms with Crippen LogP contribution in [0.15, 0.2) is 48.5 Å². The first-order valence-electron chi connectivity index (χ1n) is 9.07. The molecule has 0 radical (unpaired) electrons. The maximum absolute atomic E-state index is 12.5. The first kappa shape index (κ1) is 20.4. The van der Waals surface area contributed by atoms with E-state index < -0.39 is 6.36 Å². The molecular weight excluding hydrogens is 381 g/mol. The van der Waals surface area contributed by atoms with Gasteiger partial charge in [0.15, 0.2) is 0 Å². The van der Waals surface area contributed by atoms with E-state index in [1.54, 1.807) is 12.1 Å². The van der Waals surface area contributed by atoms with E-state index in [0.717, 1.165) is 16.8 Å². The van der Waals surface area contributed by atoms with Gasteiger partial charge in [0.1, 0.15) is 11.6 Å². The Labute approximate surface area is 167 Å². The second-order valence-corrected chi connectivity index (χ2v) is 6.51. The summed E-state index contributed by atoms with van der Waals surface area (Å²) in [6.07, 6.45) is -4.76. The van der Waals surface area contributed by atoms with Gasteiger partial charge in [-0.3, -0.25) is 0 Å². The van der Waals surface area contributed by atoms with Gasteiger partial charge in [-0.2, -0.15) is 4.98 Å². The summed E-state index contributed by atoms with van der Waals surface area (Å²) in [7, 11) is 0. The third-order valence-electron chi connectivity index (χ3n) is 4.08. The summed E-state index contributed by atoms with van der Waals surface area (Å²) in [6, 6.07) is 13.4. The van der Waals surface area contributed by atoms with E-state index in [1.165, 1.54) is 18.2 Å². The molecule has 5 nitrogen and oxygen atoms in total. The van der Waals surface area contributed by atoms with Crippen LogP contribution >= 0.6 is 0 Å². The highest BCUT2D eigenvalue weighted by atomic mass is 19.4. The molecule has 0 amide bonds. The second kappa shape index (κ2) is 8.38. The van der Waals surface area contributed by atoms with E-state index in [0.29, 0.717) is 29.6 Å². The molecule has 0 saturated carbocycles. The number of aromatic nitrogens is 2. The summed E-state index contributed by atoms with van der Waals surface area (Å²) >= 11 is 0. The normalized spacial score (nSPS) is 11.2. The van der Waals surface area contributed by atoms with Crippen molar-refractivity contribution in [2.75, 3.05) is 17.2 Å². The number of alkyl halides is 3. The lowest BCUT2D eigenvalue weighted by atomic mass is 10.1. The molecule has 1 aromatic heterocycles. The van der Waals surface area contributed by atoms with Gasteiger partial charge in [0, 0.05) is 23.9 Å². The summed E-state index contributed by atoms with van der Waals surface area (Å²) in [5.41, 5.74) is 3.98. The van der Waals surface area contributed by atoms with Crippen LogP contribution in [0.5, 0.6) is 5.75 Å². The molecule has 0 aliphatic rings. The van der Waals surface area contributed by atoms with Crippen LogP contribution in [0.3, 0.4) is 0 Å². The SMILES string of the molecule is CCNc1nc(Nc2cc(C)ccc2C)cc(-c2cccc(OC(F)(F)F)c2)n1. The molecule has 3 rings (SSSR count). The summed E-state index contributed by atoms with van der Waals surface area (Å²) in [5.74, 6) is 0.601. The van der Waals surface area contributed by atoms with E-state index in [9.17, 15) is 13.2 Å². The van der Waals surface area contributed by atoms with Crippen LogP contribution in [-0.2, 0) is 0 Å². The van der Waals surface area contributed by atoms with E-state index >= 15 is 0 Å². The van der Waals surface area contributed by atoms with Crippen LogP contribution in [0, 0.1) is 13.8 Å². The fourth-order valence-corrected chi connectivity index (χ4v) is 2.76. The van der Waals surface area contributed by atoms with Crippen molar-refractivity contribution in [2.24, 2.45) is 0 Å². The molecule has 1 heterocycles. The van der Waals surface area contributed by atoms with Crippen LogP contribution in [0.2, 0.25) is 0 Å². The maximum atomic E-state index is 12.5. The number of halogens is 3. The fraction of sp³-hybridized carbons (Fsp3) is 0.238. The molecule has 152 valence electrons. The van der Waals surface area contributed by atoms with Crippen molar-refractivity contribution in [1.29, 1.82) is 0 Å². The molecule has 3 aromatic rings. The molecule has 0 atom stereocenters. The van der Waals surface area contributed by atoms with E-state index in [-0.39, 0.29) is 5.75 Å². The standard InChI is InChI=1S/C21H21F3N4O/c1-4-25-20-27-18(15-6-5-7-16(11-15)29-21(22,23)24)12-19(28-20)26-17-10-13(2)8-9-14(17)3/h5-12H,4H2,1-3H3,(H2,25,26,27,28). The molecule has 0 aliphatic carbocycles. The number of hydrogen-bond donors (Lipinski definition) is 2. The third-order valence-corrected chi connectivity index (χ3v) is 4.08. The monoisotopic (exact) mass is 402 g/mol. The minimum absolute atomic E-state index is 0.303. The summed E-state index contributed by atoms with van der Waals surface area (Å²) in [4.78, 5) is 8.87.